The van der Waals surface area contributed by atoms with Gasteiger partial charge >= 0.3 is 0 Å². The van der Waals surface area contributed by atoms with Crippen molar-refractivity contribution in [3.05, 3.63) is 29.8 Å². The van der Waals surface area contributed by atoms with Crippen molar-refractivity contribution in [2.45, 2.75) is 30.6 Å². The molecule has 1 fully saturated rings. The molecule has 17 heavy (non-hydrogen) atoms. The molecule has 0 aromatic heterocycles. The molecule has 2 nitrogen and oxygen atoms in total. The van der Waals surface area contributed by atoms with Gasteiger partial charge in [0.05, 0.1) is 7.11 Å². The van der Waals surface area contributed by atoms with Gasteiger partial charge in [0.1, 0.15) is 5.75 Å². The van der Waals surface area contributed by atoms with Crippen LogP contribution < -0.4 is 10.1 Å². The van der Waals surface area contributed by atoms with E-state index >= 15 is 0 Å². The monoisotopic (exact) mass is 251 g/mol. The quantitative estimate of drug-likeness (QED) is 0.839. The summed E-state index contributed by atoms with van der Waals surface area (Å²) in [6, 6.07) is 8.27. The lowest BCUT2D eigenvalue weighted by atomic mass is 9.84. The molecule has 1 aromatic carbocycles. The van der Waals surface area contributed by atoms with Crippen molar-refractivity contribution in [2.24, 2.45) is 0 Å². The summed E-state index contributed by atoms with van der Waals surface area (Å²) in [6.07, 6.45) is 6.34. The zero-order valence-corrected chi connectivity index (χ0v) is 11.5. The minimum Gasteiger partial charge on any atom is -0.497 e. The maximum absolute atomic E-state index is 5.22. The van der Waals surface area contributed by atoms with Crippen LogP contribution in [0.15, 0.2) is 24.3 Å². The molecule has 0 amide bonds. The molecule has 0 aliphatic heterocycles. The summed E-state index contributed by atoms with van der Waals surface area (Å²) >= 11 is 2.01. The van der Waals surface area contributed by atoms with E-state index in [0.29, 0.717) is 4.75 Å². The van der Waals surface area contributed by atoms with Crippen molar-refractivity contribution in [1.29, 1.82) is 0 Å². The molecule has 0 radical (unpaired) electrons. The Morgan fingerprint density at radius 2 is 2.24 bits per heavy atom. The predicted molar refractivity (Wildman–Crippen MR) is 74.8 cm³/mol. The number of thioether (sulfide) groups is 1. The van der Waals surface area contributed by atoms with Crippen molar-refractivity contribution in [3.8, 4) is 5.75 Å². The maximum atomic E-state index is 5.22. The Labute approximate surface area is 108 Å². The third-order valence-electron chi connectivity index (χ3n) is 3.61. The van der Waals surface area contributed by atoms with Crippen LogP contribution in [0.4, 0.5) is 0 Å². The van der Waals surface area contributed by atoms with Crippen molar-refractivity contribution >= 4 is 11.8 Å². The van der Waals surface area contributed by atoms with Crippen molar-refractivity contribution in [2.75, 3.05) is 19.9 Å². The second kappa shape index (κ2) is 5.78. The van der Waals surface area contributed by atoms with Crippen LogP contribution in [0.2, 0.25) is 0 Å². The van der Waals surface area contributed by atoms with E-state index in [4.69, 9.17) is 4.74 Å². The van der Waals surface area contributed by atoms with Gasteiger partial charge in [-0.1, -0.05) is 18.6 Å². The van der Waals surface area contributed by atoms with Crippen LogP contribution in [-0.4, -0.2) is 24.7 Å². The molecule has 1 aliphatic rings. The summed E-state index contributed by atoms with van der Waals surface area (Å²) in [5, 5.41) is 3.57. The van der Waals surface area contributed by atoms with Gasteiger partial charge in [-0.05, 0) is 36.8 Å². The van der Waals surface area contributed by atoms with Gasteiger partial charge in [0, 0.05) is 17.8 Å². The Morgan fingerprint density at radius 1 is 1.41 bits per heavy atom. The number of ether oxygens (including phenoxy) is 1. The van der Waals surface area contributed by atoms with Crippen LogP contribution in [0.5, 0.6) is 5.75 Å². The first-order valence-corrected chi connectivity index (χ1v) is 7.39. The van der Waals surface area contributed by atoms with E-state index < -0.39 is 0 Å². The lowest BCUT2D eigenvalue weighted by molar-refractivity contribution is 0.345. The Kier molecular flexibility index (Phi) is 4.35. The highest BCUT2D eigenvalue weighted by Gasteiger charge is 2.35. The van der Waals surface area contributed by atoms with Gasteiger partial charge in [0.2, 0.25) is 0 Å². The first kappa shape index (κ1) is 12.8. The molecule has 1 saturated carbocycles. The number of benzene rings is 1. The SMILES string of the molecule is COc1cccc(CNCC2(SC)CCC2)c1. The second-order valence-electron chi connectivity index (χ2n) is 4.70. The minimum atomic E-state index is 0.513. The molecule has 1 aromatic rings. The Balaban J connectivity index is 1.81. The number of hydrogen-bond donors (Lipinski definition) is 1. The summed E-state index contributed by atoms with van der Waals surface area (Å²) in [7, 11) is 1.71. The van der Waals surface area contributed by atoms with Crippen LogP contribution in [0.3, 0.4) is 0 Å². The third-order valence-corrected chi connectivity index (χ3v) is 5.03. The maximum Gasteiger partial charge on any atom is 0.119 e. The molecule has 1 N–H and O–H groups in total. The summed E-state index contributed by atoms with van der Waals surface area (Å²) in [5.74, 6) is 0.938. The fraction of sp³-hybridized carbons (Fsp3) is 0.571. The van der Waals surface area contributed by atoms with Crippen LogP contribution in [0, 0.1) is 0 Å². The molecule has 3 heteroatoms. The number of methoxy groups -OCH3 is 1. The fourth-order valence-corrected chi connectivity index (χ4v) is 3.18. The van der Waals surface area contributed by atoms with Crippen molar-refractivity contribution < 1.29 is 4.74 Å². The van der Waals surface area contributed by atoms with Crippen LogP contribution in [-0.2, 0) is 6.54 Å². The lowest BCUT2D eigenvalue weighted by Crippen LogP contribution is -2.43. The second-order valence-corrected chi connectivity index (χ2v) is 5.97. The lowest BCUT2D eigenvalue weighted by Gasteiger charge is -2.40. The van der Waals surface area contributed by atoms with Crippen LogP contribution >= 0.6 is 11.8 Å². The zero-order valence-electron chi connectivity index (χ0n) is 10.7. The van der Waals surface area contributed by atoms with E-state index in [2.05, 4.69) is 23.7 Å². The highest BCUT2D eigenvalue weighted by atomic mass is 32.2. The molecular weight excluding hydrogens is 230 g/mol. The molecule has 0 unspecified atom stereocenters. The molecule has 2 rings (SSSR count). The molecule has 0 bridgehead atoms. The first-order chi connectivity index (χ1) is 8.28. The number of nitrogens with one attached hydrogen (secondary N) is 1. The minimum absolute atomic E-state index is 0.513. The molecular formula is C14H21NOS. The molecule has 1 aliphatic carbocycles. The van der Waals surface area contributed by atoms with Gasteiger partial charge in [-0.3, -0.25) is 0 Å². The van der Waals surface area contributed by atoms with Gasteiger partial charge in [0.25, 0.3) is 0 Å². The van der Waals surface area contributed by atoms with Crippen molar-refractivity contribution in [1.82, 2.24) is 5.32 Å². The van der Waals surface area contributed by atoms with E-state index in [0.717, 1.165) is 18.8 Å². The molecule has 0 saturated heterocycles. The summed E-state index contributed by atoms with van der Waals surface area (Å²) in [6.45, 7) is 2.05. The Bertz CT molecular complexity index is 357. The summed E-state index contributed by atoms with van der Waals surface area (Å²) in [5.41, 5.74) is 1.29. The smallest absolute Gasteiger partial charge is 0.119 e. The molecule has 0 heterocycles. The number of rotatable bonds is 6. The van der Waals surface area contributed by atoms with Gasteiger partial charge in [-0.15, -0.1) is 0 Å². The third kappa shape index (κ3) is 3.17. The molecule has 94 valence electrons. The average molecular weight is 251 g/mol. The largest absolute Gasteiger partial charge is 0.497 e. The standard InChI is InChI=1S/C14H21NOS/c1-16-13-6-3-5-12(9-13)10-15-11-14(17-2)7-4-8-14/h3,5-6,9,15H,4,7-8,10-11H2,1-2H3. The first-order valence-electron chi connectivity index (χ1n) is 6.17. The highest BCUT2D eigenvalue weighted by molar-refractivity contribution is 8.00. The predicted octanol–water partition coefficient (Wildman–Crippen LogP) is 3.07. The highest BCUT2D eigenvalue weighted by Crippen LogP contribution is 2.42. The summed E-state index contributed by atoms with van der Waals surface area (Å²) < 4.78 is 5.74. The number of hydrogen-bond acceptors (Lipinski definition) is 3. The van der Waals surface area contributed by atoms with E-state index in [1.807, 2.05) is 23.9 Å². The van der Waals surface area contributed by atoms with Crippen LogP contribution in [0.25, 0.3) is 0 Å². The Morgan fingerprint density at radius 3 is 2.82 bits per heavy atom. The zero-order chi connectivity index (χ0) is 12.1. The normalized spacial score (nSPS) is 17.5. The van der Waals surface area contributed by atoms with E-state index in [1.165, 1.54) is 24.8 Å². The Hall–Kier alpha value is -0.670. The van der Waals surface area contributed by atoms with Gasteiger partial charge in [0.15, 0.2) is 0 Å². The van der Waals surface area contributed by atoms with Crippen LogP contribution in [0.1, 0.15) is 24.8 Å². The summed E-state index contributed by atoms with van der Waals surface area (Å²) in [4.78, 5) is 0. The average Bonchev–Trinajstić information content (AvgIpc) is 2.33. The van der Waals surface area contributed by atoms with E-state index in [-0.39, 0.29) is 0 Å². The topological polar surface area (TPSA) is 21.3 Å². The van der Waals surface area contributed by atoms with Crippen molar-refractivity contribution in [3.63, 3.8) is 0 Å². The van der Waals surface area contributed by atoms with Gasteiger partial charge in [-0.25, -0.2) is 0 Å². The van der Waals surface area contributed by atoms with Gasteiger partial charge in [-0.2, -0.15) is 11.8 Å². The van der Waals surface area contributed by atoms with E-state index in [1.54, 1.807) is 7.11 Å². The molecule has 0 atom stereocenters. The van der Waals surface area contributed by atoms with Gasteiger partial charge < -0.3 is 10.1 Å². The fourth-order valence-electron chi connectivity index (χ4n) is 2.24. The molecule has 0 spiro atoms. The van der Waals surface area contributed by atoms with E-state index in [9.17, 15) is 0 Å².